The van der Waals surface area contributed by atoms with E-state index < -0.39 is 0 Å². The lowest BCUT2D eigenvalue weighted by Gasteiger charge is -2.22. The number of nitrogens with zero attached hydrogens (tertiary/aromatic N) is 3. The molecule has 1 fully saturated rings. The highest BCUT2D eigenvalue weighted by molar-refractivity contribution is 5.91. The van der Waals surface area contributed by atoms with Crippen molar-refractivity contribution in [3.8, 4) is 0 Å². The summed E-state index contributed by atoms with van der Waals surface area (Å²) in [4.78, 5) is 32.5. The van der Waals surface area contributed by atoms with E-state index in [1.807, 2.05) is 33.8 Å². The molecular formula is C20H28N6O3. The molecule has 9 nitrogen and oxygen atoms in total. The third kappa shape index (κ3) is 6.27. The van der Waals surface area contributed by atoms with Gasteiger partial charge in [0.2, 0.25) is 5.91 Å². The molecule has 9 heteroatoms. The summed E-state index contributed by atoms with van der Waals surface area (Å²) in [6.45, 7) is 7.59. The van der Waals surface area contributed by atoms with E-state index in [9.17, 15) is 9.59 Å². The molecule has 3 rings (SSSR count). The monoisotopic (exact) mass is 400 g/mol. The van der Waals surface area contributed by atoms with Crippen molar-refractivity contribution in [2.45, 2.75) is 70.9 Å². The van der Waals surface area contributed by atoms with Crippen molar-refractivity contribution in [3.63, 3.8) is 0 Å². The topological polar surface area (TPSA) is 122 Å². The first-order chi connectivity index (χ1) is 13.7. The smallest absolute Gasteiger partial charge is 0.407 e. The Kier molecular flexibility index (Phi) is 6.14. The number of aryl methyl sites for hydroxylation is 1. The van der Waals surface area contributed by atoms with Crippen LogP contribution in [0.5, 0.6) is 0 Å². The molecule has 2 atom stereocenters. The third-order valence-corrected chi connectivity index (χ3v) is 4.62. The van der Waals surface area contributed by atoms with Crippen LogP contribution in [-0.2, 0) is 16.0 Å². The highest BCUT2D eigenvalue weighted by Gasteiger charge is 2.30. The third-order valence-electron chi connectivity index (χ3n) is 4.62. The summed E-state index contributed by atoms with van der Waals surface area (Å²) < 4.78 is 5.52. The highest BCUT2D eigenvalue weighted by atomic mass is 16.6. The maximum Gasteiger partial charge on any atom is 0.407 e. The van der Waals surface area contributed by atoms with Gasteiger partial charge >= 0.3 is 6.09 Å². The van der Waals surface area contributed by atoms with Crippen LogP contribution in [0.25, 0.3) is 0 Å². The van der Waals surface area contributed by atoms with Crippen molar-refractivity contribution in [1.82, 2.24) is 25.5 Å². The van der Waals surface area contributed by atoms with E-state index >= 15 is 0 Å². The molecule has 0 aromatic carbocycles. The van der Waals surface area contributed by atoms with Crippen LogP contribution in [-0.4, -0.2) is 43.8 Å². The first kappa shape index (κ1) is 20.8. The molecule has 0 saturated heterocycles. The van der Waals surface area contributed by atoms with Crippen LogP contribution in [0.1, 0.15) is 63.0 Å². The van der Waals surface area contributed by atoms with Crippen LogP contribution in [0.4, 0.5) is 10.6 Å². The number of anilines is 1. The van der Waals surface area contributed by atoms with E-state index in [0.717, 1.165) is 30.7 Å². The van der Waals surface area contributed by atoms with E-state index in [1.54, 1.807) is 12.4 Å². The molecule has 1 aliphatic carbocycles. The van der Waals surface area contributed by atoms with Gasteiger partial charge in [0.05, 0.1) is 17.8 Å². The number of carbonyl (C=O) groups is 2. The van der Waals surface area contributed by atoms with Crippen molar-refractivity contribution in [3.05, 3.63) is 35.5 Å². The van der Waals surface area contributed by atoms with Gasteiger partial charge in [-0.15, -0.1) is 0 Å². The van der Waals surface area contributed by atoms with Gasteiger partial charge in [0.1, 0.15) is 6.10 Å². The number of rotatable bonds is 5. The summed E-state index contributed by atoms with van der Waals surface area (Å²) >= 11 is 0. The van der Waals surface area contributed by atoms with E-state index in [2.05, 4.69) is 30.8 Å². The lowest BCUT2D eigenvalue weighted by atomic mass is 10.0. The molecule has 0 bridgehead atoms. The molecule has 1 aliphatic rings. The van der Waals surface area contributed by atoms with Crippen molar-refractivity contribution in [1.29, 1.82) is 0 Å². The molecule has 0 radical (unpaired) electrons. The average Bonchev–Trinajstić information content (AvgIpc) is 3.24. The summed E-state index contributed by atoms with van der Waals surface area (Å²) in [5.41, 5.74) is 2.02. The van der Waals surface area contributed by atoms with Crippen molar-refractivity contribution < 1.29 is 14.3 Å². The zero-order chi connectivity index (χ0) is 21.0. The fourth-order valence-corrected chi connectivity index (χ4v) is 3.29. The van der Waals surface area contributed by atoms with Gasteiger partial charge < -0.3 is 15.4 Å². The molecule has 2 amide bonds. The van der Waals surface area contributed by atoms with Gasteiger partial charge in [-0.2, -0.15) is 5.10 Å². The Morgan fingerprint density at radius 2 is 2.03 bits per heavy atom. The highest BCUT2D eigenvalue weighted by Crippen LogP contribution is 2.35. The van der Waals surface area contributed by atoms with Gasteiger partial charge in [0, 0.05) is 35.6 Å². The number of hydrogen-bond acceptors (Lipinski definition) is 6. The zero-order valence-corrected chi connectivity index (χ0v) is 17.3. The zero-order valence-electron chi connectivity index (χ0n) is 17.3. The molecule has 29 heavy (non-hydrogen) atoms. The standard InChI is InChI=1S/C20H28N6O3/c1-12-10-22-14(11-21-12)8-18(27)23-17-9-16(25-26-17)13-5-6-15(7-13)29-19(28)24-20(2,3)4/h9-11,13,15H,5-8H2,1-4H3,(H,24,28)(H2,23,25,26,27)/t13-,15+/m0/s1. The molecular weight excluding hydrogens is 372 g/mol. The van der Waals surface area contributed by atoms with Gasteiger partial charge in [0.25, 0.3) is 0 Å². The molecule has 3 N–H and O–H groups in total. The largest absolute Gasteiger partial charge is 0.446 e. The normalized spacial score (nSPS) is 19.0. The number of nitrogens with one attached hydrogen (secondary N) is 3. The van der Waals surface area contributed by atoms with Crippen molar-refractivity contribution in [2.75, 3.05) is 5.32 Å². The van der Waals surface area contributed by atoms with E-state index in [1.165, 1.54) is 0 Å². The van der Waals surface area contributed by atoms with Gasteiger partial charge in [0.15, 0.2) is 5.82 Å². The predicted octanol–water partition coefficient (Wildman–Crippen LogP) is 2.85. The number of carbonyl (C=O) groups excluding carboxylic acids is 2. The first-order valence-electron chi connectivity index (χ1n) is 9.79. The molecule has 2 aromatic heterocycles. The Balaban J connectivity index is 1.49. The van der Waals surface area contributed by atoms with Gasteiger partial charge in [-0.25, -0.2) is 4.79 Å². The number of ether oxygens (including phenoxy) is 1. The lowest BCUT2D eigenvalue weighted by Crippen LogP contribution is -2.42. The second kappa shape index (κ2) is 8.59. The number of hydrogen-bond donors (Lipinski definition) is 3. The summed E-state index contributed by atoms with van der Waals surface area (Å²) in [5.74, 6) is 0.483. The van der Waals surface area contributed by atoms with Crippen LogP contribution in [0.2, 0.25) is 0 Å². The summed E-state index contributed by atoms with van der Waals surface area (Å²) in [6.07, 6.45) is 5.28. The lowest BCUT2D eigenvalue weighted by molar-refractivity contribution is -0.115. The number of aromatic amines is 1. The van der Waals surface area contributed by atoms with Crippen LogP contribution in [0.15, 0.2) is 18.5 Å². The van der Waals surface area contributed by atoms with Crippen molar-refractivity contribution >= 4 is 17.8 Å². The number of amides is 2. The number of H-pyrrole nitrogens is 1. The SMILES string of the molecule is Cc1cnc(CC(=O)Nc2cc([C@H]3CC[C@@H](OC(=O)NC(C)(C)C)C3)[nH]n2)cn1. The molecule has 1 saturated carbocycles. The van der Waals surface area contributed by atoms with Gasteiger partial charge in [-0.05, 0) is 47.0 Å². The summed E-state index contributed by atoms with van der Waals surface area (Å²) in [6, 6.07) is 1.83. The predicted molar refractivity (Wildman–Crippen MR) is 107 cm³/mol. The Morgan fingerprint density at radius 1 is 1.24 bits per heavy atom. The van der Waals surface area contributed by atoms with E-state index in [-0.39, 0.29) is 36.0 Å². The minimum Gasteiger partial charge on any atom is -0.446 e. The summed E-state index contributed by atoms with van der Waals surface area (Å²) in [7, 11) is 0. The molecule has 156 valence electrons. The van der Waals surface area contributed by atoms with Crippen molar-refractivity contribution in [2.24, 2.45) is 0 Å². The molecule has 2 heterocycles. The minimum absolute atomic E-state index is 0.121. The summed E-state index contributed by atoms with van der Waals surface area (Å²) in [5, 5.41) is 12.8. The molecule has 0 aliphatic heterocycles. The molecule has 0 spiro atoms. The van der Waals surface area contributed by atoms with E-state index in [0.29, 0.717) is 11.5 Å². The van der Waals surface area contributed by atoms with Crippen LogP contribution < -0.4 is 10.6 Å². The quantitative estimate of drug-likeness (QED) is 0.709. The maximum atomic E-state index is 12.2. The average molecular weight is 400 g/mol. The Bertz CT molecular complexity index is 856. The second-order valence-electron chi connectivity index (χ2n) is 8.49. The van der Waals surface area contributed by atoms with E-state index in [4.69, 9.17) is 4.74 Å². The molecule has 2 aromatic rings. The fourth-order valence-electron chi connectivity index (χ4n) is 3.29. The molecule has 0 unspecified atom stereocenters. The van der Waals surface area contributed by atoms with Gasteiger partial charge in [-0.3, -0.25) is 19.9 Å². The first-order valence-corrected chi connectivity index (χ1v) is 9.79. The number of alkyl carbamates (subject to hydrolysis) is 1. The Morgan fingerprint density at radius 3 is 2.72 bits per heavy atom. The Labute approximate surface area is 170 Å². The van der Waals surface area contributed by atoms with Gasteiger partial charge in [-0.1, -0.05) is 0 Å². The number of aromatic nitrogens is 4. The fraction of sp³-hybridized carbons (Fsp3) is 0.550. The van der Waals surface area contributed by atoms with Crippen LogP contribution >= 0.6 is 0 Å². The minimum atomic E-state index is -0.389. The maximum absolute atomic E-state index is 12.2. The van der Waals surface area contributed by atoms with Crippen LogP contribution in [0, 0.1) is 6.92 Å². The van der Waals surface area contributed by atoms with Crippen LogP contribution in [0.3, 0.4) is 0 Å². The Hall–Kier alpha value is -2.97. The second-order valence-corrected chi connectivity index (χ2v) is 8.49.